The second-order valence-electron chi connectivity index (χ2n) is 0. The van der Waals surface area contributed by atoms with E-state index in [0.717, 1.165) is 0 Å². The average Bonchev–Trinajstić information content (AvgIpc) is 1.00. The zero-order valence-electron chi connectivity index (χ0n) is 4.00. The van der Waals surface area contributed by atoms with E-state index in [1.165, 1.54) is 0 Å². The smallest absolute Gasteiger partial charge is 0 e. The van der Waals surface area contributed by atoms with Crippen LogP contribution in [0.4, 0.5) is 0 Å². The summed E-state index contributed by atoms with van der Waals surface area (Å²) in [7, 11) is 0. The predicted molar refractivity (Wildman–Crippen MR) is 22.9 cm³/mol. The van der Waals surface area contributed by atoms with E-state index in [9.17, 15) is 0 Å². The Morgan fingerprint density at radius 1 is 0.750 bits per heavy atom. The molecule has 0 heterocycles. The van der Waals surface area contributed by atoms with E-state index in [0.29, 0.717) is 0 Å². The van der Waals surface area contributed by atoms with Crippen LogP contribution < -0.4 is 0 Å². The van der Waals surface area contributed by atoms with E-state index < -0.39 is 0 Å². The third-order valence-corrected chi connectivity index (χ3v) is 0. The Labute approximate surface area is 51.7 Å². The molecule has 0 N–H and O–H groups in total. The van der Waals surface area contributed by atoms with Crippen molar-refractivity contribution >= 4 is 37.7 Å². The summed E-state index contributed by atoms with van der Waals surface area (Å²) in [6.45, 7) is 4.00. The number of hydrogen-bond donors (Lipinski definition) is 0. The van der Waals surface area contributed by atoms with Crippen molar-refractivity contribution < 1.29 is 0 Å². The SMILES string of the molecule is CC.[Li].[Li]. The van der Waals surface area contributed by atoms with Gasteiger partial charge in [-0.2, -0.15) is 0 Å². The van der Waals surface area contributed by atoms with Gasteiger partial charge in [-0.05, 0) is 0 Å². The van der Waals surface area contributed by atoms with Crippen LogP contribution in [-0.4, -0.2) is 37.7 Å². The van der Waals surface area contributed by atoms with Crippen molar-refractivity contribution in [3.8, 4) is 0 Å². The molecule has 0 fully saturated rings. The molecule has 0 aliphatic heterocycles. The van der Waals surface area contributed by atoms with Gasteiger partial charge in [0.2, 0.25) is 0 Å². The fraction of sp³-hybridized carbons (Fsp3) is 1.00. The minimum atomic E-state index is 0. The largest absolute Gasteiger partial charge is 0.0683 e. The van der Waals surface area contributed by atoms with Crippen LogP contribution in [0.2, 0.25) is 0 Å². The Bertz CT molecular complexity index is 4.00. The Morgan fingerprint density at radius 3 is 0.750 bits per heavy atom. The summed E-state index contributed by atoms with van der Waals surface area (Å²) in [6.07, 6.45) is 0. The van der Waals surface area contributed by atoms with Crippen LogP contribution >= 0.6 is 0 Å². The van der Waals surface area contributed by atoms with Crippen molar-refractivity contribution in [1.82, 2.24) is 0 Å². The third-order valence-electron chi connectivity index (χ3n) is 0. The van der Waals surface area contributed by atoms with E-state index in [1.807, 2.05) is 13.8 Å². The molecule has 0 saturated carbocycles. The summed E-state index contributed by atoms with van der Waals surface area (Å²) in [6, 6.07) is 0. The van der Waals surface area contributed by atoms with Crippen molar-refractivity contribution in [2.45, 2.75) is 13.8 Å². The normalized spacial score (nSPS) is 1.50. The van der Waals surface area contributed by atoms with Gasteiger partial charge in [0, 0.05) is 37.7 Å². The molecule has 0 amide bonds. The van der Waals surface area contributed by atoms with Crippen LogP contribution in [0.25, 0.3) is 0 Å². The molecule has 2 heteroatoms. The van der Waals surface area contributed by atoms with Gasteiger partial charge < -0.3 is 0 Å². The quantitative estimate of drug-likeness (QED) is 0.342. The van der Waals surface area contributed by atoms with Gasteiger partial charge in [0.05, 0.1) is 0 Å². The number of hydrogen-bond acceptors (Lipinski definition) is 0. The summed E-state index contributed by atoms with van der Waals surface area (Å²) in [5.41, 5.74) is 0. The van der Waals surface area contributed by atoms with Crippen LogP contribution in [0.1, 0.15) is 13.8 Å². The zero-order chi connectivity index (χ0) is 2.00. The van der Waals surface area contributed by atoms with E-state index in [-0.39, 0.29) is 37.7 Å². The Morgan fingerprint density at radius 2 is 0.750 bits per heavy atom. The molecule has 0 nitrogen and oxygen atoms in total. The molecule has 0 aliphatic carbocycles. The predicted octanol–water partition coefficient (Wildman–Crippen LogP) is 0.265. The van der Waals surface area contributed by atoms with E-state index in [2.05, 4.69) is 0 Å². The summed E-state index contributed by atoms with van der Waals surface area (Å²) in [4.78, 5) is 0. The van der Waals surface area contributed by atoms with Gasteiger partial charge in [-0.3, -0.25) is 0 Å². The maximum Gasteiger partial charge on any atom is 0 e. The first-order valence-corrected chi connectivity index (χ1v) is 1.00. The molecule has 0 unspecified atom stereocenters. The van der Waals surface area contributed by atoms with Gasteiger partial charge in [0.25, 0.3) is 0 Å². The van der Waals surface area contributed by atoms with Gasteiger partial charge in [0.15, 0.2) is 0 Å². The van der Waals surface area contributed by atoms with Crippen molar-refractivity contribution in [3.05, 3.63) is 0 Å². The zero-order valence-corrected chi connectivity index (χ0v) is 4.00. The molecule has 4 heavy (non-hydrogen) atoms. The van der Waals surface area contributed by atoms with Gasteiger partial charge in [0.1, 0.15) is 0 Å². The molecule has 0 spiro atoms. The summed E-state index contributed by atoms with van der Waals surface area (Å²) in [5, 5.41) is 0. The number of rotatable bonds is 0. The molecule has 16 valence electrons. The van der Waals surface area contributed by atoms with Crippen LogP contribution in [-0.2, 0) is 0 Å². The second kappa shape index (κ2) is 30.0. The first-order chi connectivity index (χ1) is 1.00. The average molecular weight is 44.0 g/mol. The van der Waals surface area contributed by atoms with Gasteiger partial charge in [-0.15, -0.1) is 0 Å². The maximum atomic E-state index is 2.00. The van der Waals surface area contributed by atoms with Crippen LogP contribution in [0.3, 0.4) is 0 Å². The van der Waals surface area contributed by atoms with Crippen LogP contribution in [0.15, 0.2) is 0 Å². The van der Waals surface area contributed by atoms with Crippen LogP contribution in [0.5, 0.6) is 0 Å². The standard InChI is InChI=1S/C2H6.2Li/c1-2;;/h1-2H3;;. The minimum absolute atomic E-state index is 0. The summed E-state index contributed by atoms with van der Waals surface area (Å²) < 4.78 is 0. The molecule has 0 saturated heterocycles. The molecular formula is C2H6Li2. The van der Waals surface area contributed by atoms with Gasteiger partial charge >= 0.3 is 0 Å². The van der Waals surface area contributed by atoms with Crippen LogP contribution in [0, 0.1) is 0 Å². The molecule has 0 rings (SSSR count). The van der Waals surface area contributed by atoms with Crippen molar-refractivity contribution in [1.29, 1.82) is 0 Å². The fourth-order valence-electron chi connectivity index (χ4n) is 0. The molecular weight excluding hydrogens is 37.9 g/mol. The third kappa shape index (κ3) is 10.8. The van der Waals surface area contributed by atoms with Gasteiger partial charge in [-0.1, -0.05) is 13.8 Å². The maximum absolute atomic E-state index is 2.00. The van der Waals surface area contributed by atoms with Gasteiger partial charge in [-0.25, -0.2) is 0 Å². The monoisotopic (exact) mass is 44.1 g/mol. The minimum Gasteiger partial charge on any atom is -0.0683 e. The van der Waals surface area contributed by atoms with E-state index in [1.54, 1.807) is 0 Å². The molecule has 0 atom stereocenters. The van der Waals surface area contributed by atoms with Crippen molar-refractivity contribution in [3.63, 3.8) is 0 Å². The Kier molecular flexibility index (Phi) is 142. The molecule has 2 radical (unpaired) electrons. The Balaban J connectivity index is -0.00000000500. The van der Waals surface area contributed by atoms with E-state index >= 15 is 0 Å². The summed E-state index contributed by atoms with van der Waals surface area (Å²) >= 11 is 0. The second-order valence-corrected chi connectivity index (χ2v) is 0. The molecule has 0 aliphatic rings. The van der Waals surface area contributed by atoms with Crippen molar-refractivity contribution in [2.24, 2.45) is 0 Å². The van der Waals surface area contributed by atoms with Crippen molar-refractivity contribution in [2.75, 3.05) is 0 Å². The first kappa shape index (κ1) is 19.0. The molecule has 0 aromatic rings. The fourth-order valence-corrected chi connectivity index (χ4v) is 0. The Hall–Kier alpha value is 1.19. The topological polar surface area (TPSA) is 0 Å². The molecule has 0 aromatic heterocycles. The first-order valence-electron chi connectivity index (χ1n) is 1.00. The molecule has 0 bridgehead atoms. The summed E-state index contributed by atoms with van der Waals surface area (Å²) in [5.74, 6) is 0. The van der Waals surface area contributed by atoms with E-state index in [4.69, 9.17) is 0 Å². The molecule has 0 aromatic carbocycles.